The molecule has 0 atom stereocenters. The minimum Gasteiger partial charge on any atom is -0.410 e. The van der Waals surface area contributed by atoms with Gasteiger partial charge in [-0.05, 0) is 50.1 Å². The van der Waals surface area contributed by atoms with Gasteiger partial charge in [-0.3, -0.25) is 0 Å². The zero-order valence-electron chi connectivity index (χ0n) is 9.75. The SMILES string of the molecule is Cc1ccc(OC(=O)NCCCN)cc1C. The van der Waals surface area contributed by atoms with E-state index in [0.717, 1.165) is 12.0 Å². The number of carbonyl (C=O) groups excluding carboxylic acids is 1. The first-order chi connectivity index (χ1) is 7.63. The van der Waals surface area contributed by atoms with Crippen LogP contribution >= 0.6 is 0 Å². The summed E-state index contributed by atoms with van der Waals surface area (Å²) in [7, 11) is 0. The van der Waals surface area contributed by atoms with Crippen molar-refractivity contribution in [2.45, 2.75) is 20.3 Å². The van der Waals surface area contributed by atoms with Crippen molar-refractivity contribution in [1.29, 1.82) is 0 Å². The molecule has 0 heterocycles. The number of aryl methyl sites for hydroxylation is 2. The topological polar surface area (TPSA) is 64.3 Å². The lowest BCUT2D eigenvalue weighted by Crippen LogP contribution is -2.28. The van der Waals surface area contributed by atoms with Crippen molar-refractivity contribution in [3.8, 4) is 5.75 Å². The number of ether oxygens (including phenoxy) is 1. The highest BCUT2D eigenvalue weighted by Gasteiger charge is 2.03. The average Bonchev–Trinajstić information content (AvgIpc) is 2.24. The summed E-state index contributed by atoms with van der Waals surface area (Å²) in [5.41, 5.74) is 7.59. The predicted octanol–water partition coefficient (Wildman–Crippen LogP) is 1.74. The quantitative estimate of drug-likeness (QED) is 0.763. The Labute approximate surface area is 95.8 Å². The van der Waals surface area contributed by atoms with Crippen molar-refractivity contribution in [3.63, 3.8) is 0 Å². The molecule has 0 aliphatic carbocycles. The number of hydrogen-bond acceptors (Lipinski definition) is 3. The molecule has 0 aliphatic heterocycles. The van der Waals surface area contributed by atoms with Crippen LogP contribution < -0.4 is 15.8 Å². The molecule has 16 heavy (non-hydrogen) atoms. The molecule has 0 fully saturated rings. The summed E-state index contributed by atoms with van der Waals surface area (Å²) in [6, 6.07) is 5.56. The molecular weight excluding hydrogens is 204 g/mol. The van der Waals surface area contributed by atoms with Gasteiger partial charge in [0.25, 0.3) is 0 Å². The lowest BCUT2D eigenvalue weighted by molar-refractivity contribution is 0.200. The number of hydrogen-bond donors (Lipinski definition) is 2. The minimum absolute atomic E-state index is 0.434. The van der Waals surface area contributed by atoms with E-state index in [9.17, 15) is 4.79 Å². The van der Waals surface area contributed by atoms with Crippen molar-refractivity contribution in [2.75, 3.05) is 13.1 Å². The largest absolute Gasteiger partial charge is 0.412 e. The van der Waals surface area contributed by atoms with Gasteiger partial charge >= 0.3 is 6.09 Å². The van der Waals surface area contributed by atoms with E-state index in [1.807, 2.05) is 26.0 Å². The van der Waals surface area contributed by atoms with Crippen LogP contribution in [0.5, 0.6) is 5.75 Å². The van der Waals surface area contributed by atoms with Crippen LogP contribution in [-0.4, -0.2) is 19.2 Å². The smallest absolute Gasteiger partial charge is 0.410 e. The summed E-state index contributed by atoms with van der Waals surface area (Å²) in [6.07, 6.45) is 0.318. The molecule has 3 N–H and O–H groups in total. The molecule has 4 nitrogen and oxygen atoms in total. The highest BCUT2D eigenvalue weighted by atomic mass is 16.5. The summed E-state index contributed by atoms with van der Waals surface area (Å²) in [5.74, 6) is 0.563. The third kappa shape index (κ3) is 3.90. The maximum atomic E-state index is 11.3. The lowest BCUT2D eigenvalue weighted by Gasteiger charge is -2.07. The second kappa shape index (κ2) is 6.12. The van der Waals surface area contributed by atoms with Crippen molar-refractivity contribution in [2.24, 2.45) is 5.73 Å². The normalized spacial score (nSPS) is 9.94. The van der Waals surface area contributed by atoms with Crippen LogP contribution in [0, 0.1) is 13.8 Å². The Kier molecular flexibility index (Phi) is 4.79. The van der Waals surface area contributed by atoms with E-state index in [4.69, 9.17) is 10.5 Å². The molecule has 1 rings (SSSR count). The van der Waals surface area contributed by atoms with Gasteiger partial charge in [0.05, 0.1) is 0 Å². The first-order valence-corrected chi connectivity index (χ1v) is 5.36. The summed E-state index contributed by atoms with van der Waals surface area (Å²) in [5, 5.41) is 2.62. The fraction of sp³-hybridized carbons (Fsp3) is 0.417. The van der Waals surface area contributed by atoms with Gasteiger partial charge in [-0.2, -0.15) is 0 Å². The molecule has 0 radical (unpaired) electrons. The maximum absolute atomic E-state index is 11.3. The molecule has 0 bridgehead atoms. The monoisotopic (exact) mass is 222 g/mol. The first kappa shape index (κ1) is 12.5. The molecule has 0 spiro atoms. The van der Waals surface area contributed by atoms with E-state index in [1.165, 1.54) is 5.56 Å². The van der Waals surface area contributed by atoms with Gasteiger partial charge in [0.1, 0.15) is 5.75 Å². The molecule has 1 aromatic rings. The third-order valence-corrected chi connectivity index (χ3v) is 2.34. The second-order valence-corrected chi connectivity index (χ2v) is 3.70. The average molecular weight is 222 g/mol. The fourth-order valence-electron chi connectivity index (χ4n) is 1.21. The van der Waals surface area contributed by atoms with Crippen molar-refractivity contribution in [1.82, 2.24) is 5.32 Å². The van der Waals surface area contributed by atoms with Crippen molar-refractivity contribution in [3.05, 3.63) is 29.3 Å². The van der Waals surface area contributed by atoms with E-state index in [2.05, 4.69) is 5.32 Å². The van der Waals surface area contributed by atoms with Gasteiger partial charge in [-0.15, -0.1) is 0 Å². The van der Waals surface area contributed by atoms with E-state index < -0.39 is 6.09 Å². The van der Waals surface area contributed by atoms with Gasteiger partial charge in [-0.25, -0.2) is 4.79 Å². The number of rotatable bonds is 4. The van der Waals surface area contributed by atoms with Crippen LogP contribution in [0.25, 0.3) is 0 Å². The maximum Gasteiger partial charge on any atom is 0.412 e. The van der Waals surface area contributed by atoms with E-state index in [0.29, 0.717) is 18.8 Å². The third-order valence-electron chi connectivity index (χ3n) is 2.34. The Bertz CT molecular complexity index is 364. The Morgan fingerprint density at radius 2 is 2.12 bits per heavy atom. The van der Waals surface area contributed by atoms with E-state index in [-0.39, 0.29) is 0 Å². The van der Waals surface area contributed by atoms with Crippen LogP contribution in [0.15, 0.2) is 18.2 Å². The summed E-state index contributed by atoms with van der Waals surface area (Å²) in [4.78, 5) is 11.3. The van der Waals surface area contributed by atoms with Gasteiger partial charge in [0.15, 0.2) is 0 Å². The van der Waals surface area contributed by atoms with Crippen LogP contribution in [0.2, 0.25) is 0 Å². The molecule has 88 valence electrons. The Morgan fingerprint density at radius 1 is 1.38 bits per heavy atom. The first-order valence-electron chi connectivity index (χ1n) is 5.36. The molecule has 0 saturated carbocycles. The van der Waals surface area contributed by atoms with Gasteiger partial charge < -0.3 is 15.8 Å². The summed E-state index contributed by atoms with van der Waals surface area (Å²) in [6.45, 7) is 5.10. The molecule has 1 aromatic carbocycles. The van der Waals surface area contributed by atoms with Crippen LogP contribution in [0.3, 0.4) is 0 Å². The van der Waals surface area contributed by atoms with Crippen LogP contribution in [-0.2, 0) is 0 Å². The number of benzene rings is 1. The lowest BCUT2D eigenvalue weighted by atomic mass is 10.1. The zero-order chi connectivity index (χ0) is 12.0. The van der Waals surface area contributed by atoms with Gasteiger partial charge in [0, 0.05) is 6.54 Å². The van der Waals surface area contributed by atoms with Gasteiger partial charge in [-0.1, -0.05) is 6.07 Å². The van der Waals surface area contributed by atoms with Crippen LogP contribution in [0.1, 0.15) is 17.5 Å². The highest BCUT2D eigenvalue weighted by Crippen LogP contribution is 2.16. The van der Waals surface area contributed by atoms with Crippen molar-refractivity contribution < 1.29 is 9.53 Å². The molecule has 0 unspecified atom stereocenters. The molecule has 0 saturated heterocycles. The number of nitrogens with two attached hydrogens (primary N) is 1. The molecule has 0 aromatic heterocycles. The van der Waals surface area contributed by atoms with Crippen molar-refractivity contribution >= 4 is 6.09 Å². The van der Waals surface area contributed by atoms with Crippen LogP contribution in [0.4, 0.5) is 4.79 Å². The van der Waals surface area contributed by atoms with E-state index in [1.54, 1.807) is 6.07 Å². The Morgan fingerprint density at radius 3 is 2.75 bits per heavy atom. The summed E-state index contributed by atoms with van der Waals surface area (Å²) >= 11 is 0. The fourth-order valence-corrected chi connectivity index (χ4v) is 1.21. The molecule has 1 amide bonds. The second-order valence-electron chi connectivity index (χ2n) is 3.70. The Balaban J connectivity index is 2.46. The minimum atomic E-state index is -0.434. The zero-order valence-corrected chi connectivity index (χ0v) is 9.75. The number of carbonyl (C=O) groups is 1. The molecule has 4 heteroatoms. The highest BCUT2D eigenvalue weighted by molar-refractivity contribution is 5.70. The predicted molar refractivity (Wildman–Crippen MR) is 63.6 cm³/mol. The van der Waals surface area contributed by atoms with Gasteiger partial charge in [0.2, 0.25) is 0 Å². The van der Waals surface area contributed by atoms with E-state index >= 15 is 0 Å². The standard InChI is InChI=1S/C12H18N2O2/c1-9-4-5-11(8-10(9)2)16-12(15)14-7-3-6-13/h4-5,8H,3,6-7,13H2,1-2H3,(H,14,15). The number of nitrogens with one attached hydrogen (secondary N) is 1. The Hall–Kier alpha value is -1.55. The summed E-state index contributed by atoms with van der Waals surface area (Å²) < 4.78 is 5.11. The number of amides is 1. The molecule has 0 aliphatic rings. The molecular formula is C12H18N2O2.